The van der Waals surface area contributed by atoms with Crippen molar-refractivity contribution in [2.45, 2.75) is 25.9 Å². The lowest BCUT2D eigenvalue weighted by Crippen LogP contribution is -2.28. The molecule has 0 aliphatic carbocycles. The summed E-state index contributed by atoms with van der Waals surface area (Å²) < 4.78 is 62.4. The maximum absolute atomic E-state index is 14.7. The van der Waals surface area contributed by atoms with E-state index in [1.54, 1.807) is 13.1 Å². The molecule has 6 nitrogen and oxygen atoms in total. The van der Waals surface area contributed by atoms with Crippen LogP contribution in [-0.4, -0.2) is 40.7 Å². The average Bonchev–Trinajstić information content (AvgIpc) is 3.11. The number of hydrogen-bond acceptors (Lipinski definition) is 5. The number of imidazole rings is 1. The van der Waals surface area contributed by atoms with Crippen LogP contribution in [0.15, 0.2) is 30.2 Å². The number of esters is 2. The molecule has 0 unspecified atom stereocenters. The predicted octanol–water partition coefficient (Wildman–Crippen LogP) is 4.36. The summed E-state index contributed by atoms with van der Waals surface area (Å²) >= 11 is 5.57. The topological polar surface area (TPSA) is 70.4 Å². The molecule has 2 rings (SSSR count). The largest absolute Gasteiger partial charge is 0.495 e. The van der Waals surface area contributed by atoms with Gasteiger partial charge in [-0.05, 0) is 31.9 Å². The second-order valence-electron chi connectivity index (χ2n) is 6.10. The molecule has 30 heavy (non-hydrogen) atoms. The van der Waals surface area contributed by atoms with Crippen LogP contribution in [0.1, 0.15) is 24.1 Å². The Morgan fingerprint density at radius 1 is 1.30 bits per heavy atom. The van der Waals surface area contributed by atoms with Crippen molar-refractivity contribution >= 4 is 29.6 Å². The van der Waals surface area contributed by atoms with Crippen LogP contribution in [0.5, 0.6) is 5.75 Å². The number of rotatable bonds is 7. The third kappa shape index (κ3) is 5.82. The first kappa shape index (κ1) is 23.4. The van der Waals surface area contributed by atoms with Gasteiger partial charge in [-0.3, -0.25) is 0 Å². The third-order valence-corrected chi connectivity index (χ3v) is 4.14. The van der Waals surface area contributed by atoms with E-state index in [-0.39, 0.29) is 35.6 Å². The zero-order valence-electron chi connectivity index (χ0n) is 15.9. The maximum Gasteiger partial charge on any atom is 0.491 e. The molecule has 0 aliphatic heterocycles. The highest BCUT2D eigenvalue weighted by Crippen LogP contribution is 2.29. The van der Waals surface area contributed by atoms with E-state index in [0.717, 1.165) is 12.1 Å². The van der Waals surface area contributed by atoms with Crippen molar-refractivity contribution in [3.63, 3.8) is 0 Å². The number of aromatic nitrogens is 2. The predicted molar refractivity (Wildman–Crippen MR) is 99.9 cm³/mol. The van der Waals surface area contributed by atoms with Crippen LogP contribution in [0.4, 0.5) is 17.6 Å². The van der Waals surface area contributed by atoms with Gasteiger partial charge >= 0.3 is 18.1 Å². The monoisotopic (exact) mass is 448 g/mol. The first-order valence-electron chi connectivity index (χ1n) is 8.55. The van der Waals surface area contributed by atoms with Crippen LogP contribution in [0.25, 0.3) is 11.8 Å². The molecule has 2 aromatic rings. The fourth-order valence-corrected chi connectivity index (χ4v) is 2.61. The molecule has 1 aromatic carbocycles. The number of carbonyl (C=O) groups excluding carboxylic acids is 2. The first-order valence-corrected chi connectivity index (χ1v) is 9.08. The third-order valence-electron chi connectivity index (χ3n) is 3.88. The molecule has 0 radical (unpaired) electrons. The number of halogens is 5. The van der Waals surface area contributed by atoms with Crippen molar-refractivity contribution in [1.29, 1.82) is 0 Å². The fraction of sp³-hybridized carbons (Fsp3) is 0.316. The van der Waals surface area contributed by atoms with Crippen molar-refractivity contribution in [1.82, 2.24) is 9.55 Å². The van der Waals surface area contributed by atoms with Gasteiger partial charge in [0.2, 0.25) is 0 Å². The lowest BCUT2D eigenvalue weighted by molar-refractivity contribution is -0.200. The van der Waals surface area contributed by atoms with Crippen molar-refractivity contribution in [2.75, 3.05) is 13.0 Å². The molecule has 0 aliphatic rings. The second kappa shape index (κ2) is 9.75. The Kier molecular flexibility index (Phi) is 7.60. The Bertz CT molecular complexity index is 970. The van der Waals surface area contributed by atoms with E-state index >= 15 is 0 Å². The number of aryl methyl sites for hydroxylation is 1. The van der Waals surface area contributed by atoms with Crippen LogP contribution >= 0.6 is 11.6 Å². The highest BCUT2D eigenvalue weighted by atomic mass is 35.5. The van der Waals surface area contributed by atoms with Crippen LogP contribution in [0.3, 0.4) is 0 Å². The second-order valence-corrected chi connectivity index (χ2v) is 6.48. The maximum atomic E-state index is 14.7. The van der Waals surface area contributed by atoms with Crippen molar-refractivity contribution in [3.05, 3.63) is 47.3 Å². The van der Waals surface area contributed by atoms with Crippen LogP contribution in [0, 0.1) is 12.7 Å². The van der Waals surface area contributed by atoms with Crippen LogP contribution in [0.2, 0.25) is 0 Å². The Morgan fingerprint density at radius 2 is 2.00 bits per heavy atom. The molecule has 0 saturated heterocycles. The van der Waals surface area contributed by atoms with Gasteiger partial charge in [-0.1, -0.05) is 0 Å². The molecule has 0 saturated carbocycles. The molecule has 0 atom stereocenters. The number of alkyl halides is 4. The van der Waals surface area contributed by atoms with E-state index in [4.69, 9.17) is 16.3 Å². The highest BCUT2D eigenvalue weighted by Gasteiger charge is 2.42. The summed E-state index contributed by atoms with van der Waals surface area (Å²) in [6, 6.07) is 2.39. The van der Waals surface area contributed by atoms with E-state index in [9.17, 15) is 27.2 Å². The van der Waals surface area contributed by atoms with Crippen molar-refractivity contribution in [3.8, 4) is 11.4 Å². The summed E-state index contributed by atoms with van der Waals surface area (Å²) in [4.78, 5) is 27.0. The zero-order chi connectivity index (χ0) is 22.5. The fourth-order valence-electron chi connectivity index (χ4n) is 2.47. The number of methoxy groups -OCH3 is 1. The summed E-state index contributed by atoms with van der Waals surface area (Å²) in [5.74, 6) is -4.67. The molecule has 0 N–H and O–H groups in total. The lowest BCUT2D eigenvalue weighted by Gasteiger charge is -2.12. The smallest absolute Gasteiger partial charge is 0.491 e. The van der Waals surface area contributed by atoms with Gasteiger partial charge in [-0.25, -0.2) is 19.0 Å². The minimum Gasteiger partial charge on any atom is -0.495 e. The number of nitrogens with zero attached hydrogens (tertiary/aromatic N) is 2. The van der Waals surface area contributed by atoms with Gasteiger partial charge in [0.25, 0.3) is 0 Å². The van der Waals surface area contributed by atoms with E-state index in [0.29, 0.717) is 11.4 Å². The van der Waals surface area contributed by atoms with Crippen molar-refractivity contribution in [2.24, 2.45) is 0 Å². The number of ether oxygens (including phenoxy) is 2. The summed E-state index contributed by atoms with van der Waals surface area (Å²) in [5, 5.41) is 0. The highest BCUT2D eigenvalue weighted by molar-refractivity contribution is 6.17. The molecular formula is C19H17ClF4N2O4. The van der Waals surface area contributed by atoms with E-state index in [1.807, 2.05) is 0 Å². The molecule has 1 aromatic heterocycles. The van der Waals surface area contributed by atoms with Gasteiger partial charge in [-0.2, -0.15) is 13.2 Å². The molecule has 1 heterocycles. The van der Waals surface area contributed by atoms with Crippen LogP contribution < -0.4 is 4.74 Å². The minimum atomic E-state index is -5.34. The molecule has 11 heteroatoms. The Balaban J connectivity index is 2.44. The summed E-state index contributed by atoms with van der Waals surface area (Å²) in [7, 11) is 1.35. The van der Waals surface area contributed by atoms with E-state index in [1.165, 1.54) is 24.1 Å². The molecule has 0 fully saturated rings. The Hall–Kier alpha value is -2.88. The summed E-state index contributed by atoms with van der Waals surface area (Å²) in [6.07, 6.45) is -1.19. The quantitative estimate of drug-likeness (QED) is 0.207. The minimum absolute atomic E-state index is 0.0859. The zero-order valence-corrected chi connectivity index (χ0v) is 16.7. The molecule has 162 valence electrons. The first-order chi connectivity index (χ1) is 14.1. The van der Waals surface area contributed by atoms with Crippen LogP contribution in [-0.2, 0) is 14.3 Å². The molecule has 0 amide bonds. The normalized spacial score (nSPS) is 12.0. The molecule has 0 spiro atoms. The standard InChI is InChI=1S/C19H17ClF4N2O4/c1-11-9-26(10-25-11)15-8-14(21)13(7-16(15)29-2)6-12(4-3-5-20)17(27)30-18(28)19(22,23)24/h6-10H,3-5H2,1-2H3/b12-6+. The van der Waals surface area contributed by atoms with E-state index < -0.39 is 23.9 Å². The lowest BCUT2D eigenvalue weighted by atomic mass is 10.1. The number of benzene rings is 1. The number of hydrogen-bond donors (Lipinski definition) is 0. The van der Waals surface area contributed by atoms with Crippen molar-refractivity contribution < 1.29 is 36.6 Å². The van der Waals surface area contributed by atoms with E-state index in [2.05, 4.69) is 9.72 Å². The number of carbonyl (C=O) groups is 2. The van der Waals surface area contributed by atoms with Gasteiger partial charge in [-0.15, -0.1) is 11.6 Å². The molecular weight excluding hydrogens is 432 g/mol. The van der Waals surface area contributed by atoms with Gasteiger partial charge < -0.3 is 14.0 Å². The van der Waals surface area contributed by atoms with Gasteiger partial charge in [0.05, 0.1) is 24.8 Å². The van der Waals surface area contributed by atoms with Gasteiger partial charge in [0, 0.05) is 29.3 Å². The Labute approximate surface area is 174 Å². The SMILES string of the molecule is COc1cc(/C=C(\CCCCl)C(=O)OC(=O)C(F)(F)F)c(F)cc1-n1cnc(C)c1. The summed E-state index contributed by atoms with van der Waals surface area (Å²) in [5.41, 5.74) is 0.514. The van der Waals surface area contributed by atoms with Gasteiger partial charge in [0.15, 0.2) is 0 Å². The summed E-state index contributed by atoms with van der Waals surface area (Å²) in [6.45, 7) is 1.74. The van der Waals surface area contributed by atoms with Gasteiger partial charge in [0.1, 0.15) is 11.6 Å². The Morgan fingerprint density at radius 3 is 2.53 bits per heavy atom. The molecule has 0 bridgehead atoms. The average molecular weight is 449 g/mol.